The van der Waals surface area contributed by atoms with E-state index in [1.165, 1.54) is 11.1 Å². The molecule has 0 fully saturated rings. The van der Waals surface area contributed by atoms with E-state index >= 15 is 0 Å². The molecule has 2 aromatic carbocycles. The second-order valence-corrected chi connectivity index (χ2v) is 5.36. The van der Waals surface area contributed by atoms with Crippen molar-refractivity contribution >= 4 is 0 Å². The van der Waals surface area contributed by atoms with Crippen LogP contribution in [0.5, 0.6) is 5.75 Å². The molecule has 0 heterocycles. The lowest BCUT2D eigenvalue weighted by Gasteiger charge is -2.15. The number of aliphatic hydroxyl groups is 1. The molecule has 2 rings (SSSR count). The van der Waals surface area contributed by atoms with Gasteiger partial charge in [-0.15, -0.1) is 0 Å². The van der Waals surface area contributed by atoms with Gasteiger partial charge >= 0.3 is 0 Å². The molecule has 2 aromatic rings. The van der Waals surface area contributed by atoms with Gasteiger partial charge in [0.1, 0.15) is 5.75 Å². The Morgan fingerprint density at radius 1 is 0.950 bits per heavy atom. The number of benzene rings is 2. The first-order valence-electron chi connectivity index (χ1n) is 6.90. The van der Waals surface area contributed by atoms with Gasteiger partial charge in [0.2, 0.25) is 0 Å². The van der Waals surface area contributed by atoms with Crippen LogP contribution in [0, 0.1) is 20.8 Å². The maximum atomic E-state index is 10.4. The van der Waals surface area contributed by atoms with Gasteiger partial charge in [0, 0.05) is 6.42 Å². The number of aliphatic hydroxyl groups excluding tert-OH is 1. The molecule has 0 spiro atoms. The van der Waals surface area contributed by atoms with Crippen LogP contribution < -0.4 is 4.74 Å². The van der Waals surface area contributed by atoms with Gasteiger partial charge in [-0.05, 0) is 60.7 Å². The zero-order chi connectivity index (χ0) is 14.7. The summed E-state index contributed by atoms with van der Waals surface area (Å²) in [5, 5.41) is 10.4. The second kappa shape index (κ2) is 6.10. The van der Waals surface area contributed by atoms with E-state index in [4.69, 9.17) is 4.74 Å². The minimum atomic E-state index is -0.483. The van der Waals surface area contributed by atoms with Crippen molar-refractivity contribution in [1.29, 1.82) is 0 Å². The summed E-state index contributed by atoms with van der Waals surface area (Å²) in [5.74, 6) is 0.824. The van der Waals surface area contributed by atoms with Crippen LogP contribution >= 0.6 is 0 Å². The Balaban J connectivity index is 2.19. The quantitative estimate of drug-likeness (QED) is 0.913. The van der Waals surface area contributed by atoms with Crippen LogP contribution in [-0.2, 0) is 6.42 Å². The Morgan fingerprint density at radius 2 is 1.70 bits per heavy atom. The number of methoxy groups -OCH3 is 1. The largest absolute Gasteiger partial charge is 0.497 e. The summed E-state index contributed by atoms with van der Waals surface area (Å²) >= 11 is 0. The van der Waals surface area contributed by atoms with E-state index in [2.05, 4.69) is 32.0 Å². The van der Waals surface area contributed by atoms with Gasteiger partial charge in [0.05, 0.1) is 13.2 Å². The third-order valence-electron chi connectivity index (χ3n) is 3.84. The standard InChI is InChI=1S/C18H22O2/c1-12-5-6-15(9-13(12)2)11-18(19)17-8-7-16(20-4)10-14(17)3/h5-10,18-19H,11H2,1-4H3. The molecule has 0 amide bonds. The van der Waals surface area contributed by atoms with Gasteiger partial charge in [0.25, 0.3) is 0 Å². The van der Waals surface area contributed by atoms with E-state index in [1.54, 1.807) is 7.11 Å². The molecule has 0 aliphatic heterocycles. The predicted octanol–water partition coefficient (Wildman–Crippen LogP) is 3.90. The highest BCUT2D eigenvalue weighted by Gasteiger charge is 2.12. The molecular weight excluding hydrogens is 248 g/mol. The first kappa shape index (κ1) is 14.6. The molecule has 20 heavy (non-hydrogen) atoms. The van der Waals surface area contributed by atoms with Crippen LogP contribution in [0.1, 0.15) is 33.9 Å². The van der Waals surface area contributed by atoms with Gasteiger partial charge in [0.15, 0.2) is 0 Å². The summed E-state index contributed by atoms with van der Waals surface area (Å²) in [4.78, 5) is 0. The van der Waals surface area contributed by atoms with Crippen LogP contribution in [0.2, 0.25) is 0 Å². The van der Waals surface area contributed by atoms with Crippen LogP contribution in [0.25, 0.3) is 0 Å². The van der Waals surface area contributed by atoms with E-state index in [0.717, 1.165) is 22.4 Å². The lowest BCUT2D eigenvalue weighted by atomic mass is 9.96. The van der Waals surface area contributed by atoms with Crippen molar-refractivity contribution < 1.29 is 9.84 Å². The minimum absolute atomic E-state index is 0.483. The summed E-state index contributed by atoms with van der Waals surface area (Å²) in [6, 6.07) is 12.1. The molecule has 0 aliphatic rings. The zero-order valence-corrected chi connectivity index (χ0v) is 12.6. The molecule has 1 atom stereocenters. The van der Waals surface area contributed by atoms with Gasteiger partial charge in [-0.25, -0.2) is 0 Å². The average molecular weight is 270 g/mol. The monoisotopic (exact) mass is 270 g/mol. The van der Waals surface area contributed by atoms with Crippen molar-refractivity contribution in [3.63, 3.8) is 0 Å². The van der Waals surface area contributed by atoms with Gasteiger partial charge in [-0.1, -0.05) is 24.3 Å². The summed E-state index contributed by atoms with van der Waals surface area (Å²) in [6.45, 7) is 6.20. The molecule has 0 saturated heterocycles. The predicted molar refractivity (Wildman–Crippen MR) is 82.3 cm³/mol. The topological polar surface area (TPSA) is 29.5 Å². The molecule has 0 radical (unpaired) electrons. The lowest BCUT2D eigenvalue weighted by molar-refractivity contribution is 0.177. The lowest BCUT2D eigenvalue weighted by Crippen LogP contribution is -2.04. The fourth-order valence-corrected chi connectivity index (χ4v) is 2.41. The third kappa shape index (κ3) is 3.20. The van der Waals surface area contributed by atoms with Gasteiger partial charge in [-0.2, -0.15) is 0 Å². The Kier molecular flexibility index (Phi) is 4.46. The van der Waals surface area contributed by atoms with Crippen LogP contribution in [0.4, 0.5) is 0 Å². The normalized spacial score (nSPS) is 12.2. The molecule has 0 bridgehead atoms. The summed E-state index contributed by atoms with van der Waals surface area (Å²) in [5.41, 5.74) is 5.73. The fraction of sp³-hybridized carbons (Fsp3) is 0.333. The summed E-state index contributed by atoms with van der Waals surface area (Å²) in [7, 11) is 1.65. The molecule has 0 saturated carbocycles. The number of ether oxygens (including phenoxy) is 1. The number of rotatable bonds is 4. The Bertz CT molecular complexity index is 602. The van der Waals surface area contributed by atoms with E-state index in [-0.39, 0.29) is 0 Å². The van der Waals surface area contributed by atoms with Gasteiger partial charge in [-0.3, -0.25) is 0 Å². The fourth-order valence-electron chi connectivity index (χ4n) is 2.41. The van der Waals surface area contributed by atoms with Crippen molar-refractivity contribution in [1.82, 2.24) is 0 Å². The Morgan fingerprint density at radius 3 is 2.30 bits per heavy atom. The molecule has 0 aromatic heterocycles. The SMILES string of the molecule is COc1ccc(C(O)Cc2ccc(C)c(C)c2)c(C)c1. The highest BCUT2D eigenvalue weighted by atomic mass is 16.5. The molecule has 2 heteroatoms. The maximum absolute atomic E-state index is 10.4. The van der Waals surface area contributed by atoms with Gasteiger partial charge < -0.3 is 9.84 Å². The van der Waals surface area contributed by atoms with E-state index in [9.17, 15) is 5.11 Å². The highest BCUT2D eigenvalue weighted by Crippen LogP contribution is 2.25. The van der Waals surface area contributed by atoms with Crippen LogP contribution in [0.3, 0.4) is 0 Å². The molecular formula is C18H22O2. The first-order valence-corrected chi connectivity index (χ1v) is 6.90. The molecule has 1 N–H and O–H groups in total. The third-order valence-corrected chi connectivity index (χ3v) is 3.84. The number of aryl methyl sites for hydroxylation is 3. The summed E-state index contributed by atoms with van der Waals surface area (Å²) in [6.07, 6.45) is 0.150. The first-order chi connectivity index (χ1) is 9.51. The van der Waals surface area contributed by atoms with E-state index < -0.39 is 6.10 Å². The summed E-state index contributed by atoms with van der Waals surface area (Å²) < 4.78 is 5.20. The van der Waals surface area contributed by atoms with Crippen LogP contribution in [-0.4, -0.2) is 12.2 Å². The van der Waals surface area contributed by atoms with Crippen molar-refractivity contribution in [3.05, 3.63) is 64.2 Å². The highest BCUT2D eigenvalue weighted by molar-refractivity contribution is 5.37. The van der Waals surface area contributed by atoms with Crippen molar-refractivity contribution in [2.75, 3.05) is 7.11 Å². The maximum Gasteiger partial charge on any atom is 0.119 e. The molecule has 106 valence electrons. The molecule has 2 nitrogen and oxygen atoms in total. The van der Waals surface area contributed by atoms with E-state index in [0.29, 0.717) is 6.42 Å². The van der Waals surface area contributed by atoms with Crippen molar-refractivity contribution in [2.24, 2.45) is 0 Å². The van der Waals surface area contributed by atoms with Crippen LogP contribution in [0.15, 0.2) is 36.4 Å². The van der Waals surface area contributed by atoms with E-state index in [1.807, 2.05) is 25.1 Å². The Labute approximate surface area is 121 Å². The number of hydrogen-bond donors (Lipinski definition) is 1. The Hall–Kier alpha value is -1.80. The molecule has 1 unspecified atom stereocenters. The molecule has 0 aliphatic carbocycles. The second-order valence-electron chi connectivity index (χ2n) is 5.36. The van der Waals surface area contributed by atoms with Crippen molar-refractivity contribution in [2.45, 2.75) is 33.3 Å². The smallest absolute Gasteiger partial charge is 0.119 e. The average Bonchev–Trinajstić information content (AvgIpc) is 2.42. The zero-order valence-electron chi connectivity index (χ0n) is 12.6. The van der Waals surface area contributed by atoms with Crippen molar-refractivity contribution in [3.8, 4) is 5.75 Å². The minimum Gasteiger partial charge on any atom is -0.497 e. The number of hydrogen-bond acceptors (Lipinski definition) is 2.